The summed E-state index contributed by atoms with van der Waals surface area (Å²) in [6.07, 6.45) is 0.788. The monoisotopic (exact) mass is 240 g/mol. The maximum atomic E-state index is 10.7. The van der Waals surface area contributed by atoms with Crippen molar-refractivity contribution in [1.29, 1.82) is 0 Å². The van der Waals surface area contributed by atoms with Gasteiger partial charge in [0.15, 0.2) is 11.1 Å². The molecule has 5 nitrogen and oxygen atoms in total. The van der Waals surface area contributed by atoms with Crippen molar-refractivity contribution < 1.29 is 8.76 Å². The van der Waals surface area contributed by atoms with Gasteiger partial charge >= 0.3 is 0 Å². The van der Waals surface area contributed by atoms with E-state index in [1.807, 2.05) is 11.0 Å². The molecule has 0 amide bonds. The lowest BCUT2D eigenvalue weighted by molar-refractivity contribution is 0.291. The molecule has 0 spiro atoms. The molecule has 1 heterocycles. The summed E-state index contributed by atoms with van der Waals surface area (Å²) in [6, 6.07) is 5.32. The van der Waals surface area contributed by atoms with Crippen molar-refractivity contribution in [2.75, 3.05) is 12.4 Å². The van der Waals surface area contributed by atoms with Crippen LogP contribution in [-0.2, 0) is 24.0 Å². The summed E-state index contributed by atoms with van der Waals surface area (Å²) in [6.45, 7) is 1.39. The Morgan fingerprint density at radius 3 is 2.94 bits per heavy atom. The molecule has 1 aromatic carbocycles. The topological polar surface area (TPSA) is 70.0 Å². The van der Waals surface area contributed by atoms with Gasteiger partial charge in [-0.2, -0.15) is 0 Å². The highest BCUT2D eigenvalue weighted by Gasteiger charge is 2.17. The summed E-state index contributed by atoms with van der Waals surface area (Å²) >= 11 is -1.79. The van der Waals surface area contributed by atoms with Crippen LogP contribution in [0.15, 0.2) is 23.4 Å². The molecule has 1 atom stereocenters. The van der Waals surface area contributed by atoms with Crippen molar-refractivity contribution in [2.24, 2.45) is 5.18 Å². The molecule has 1 aliphatic rings. The number of rotatable bonds is 3. The Bertz CT molecular complexity index is 436. The van der Waals surface area contributed by atoms with Gasteiger partial charge in [0.05, 0.1) is 0 Å². The molecule has 86 valence electrons. The van der Waals surface area contributed by atoms with Crippen molar-refractivity contribution in [2.45, 2.75) is 13.0 Å². The molecule has 1 aromatic rings. The first-order chi connectivity index (χ1) is 7.69. The van der Waals surface area contributed by atoms with Gasteiger partial charge in [0.2, 0.25) is 0 Å². The zero-order valence-corrected chi connectivity index (χ0v) is 9.44. The Balaban J connectivity index is 2.15. The van der Waals surface area contributed by atoms with E-state index in [0.29, 0.717) is 12.2 Å². The highest BCUT2D eigenvalue weighted by Crippen LogP contribution is 2.23. The van der Waals surface area contributed by atoms with Crippen LogP contribution in [0.4, 0.5) is 5.69 Å². The van der Waals surface area contributed by atoms with Gasteiger partial charge < -0.3 is 4.55 Å². The summed E-state index contributed by atoms with van der Waals surface area (Å²) < 4.78 is 19.5. The Morgan fingerprint density at radius 2 is 2.25 bits per heavy atom. The number of nitroso groups, excluding NO2 is 1. The quantitative estimate of drug-likeness (QED) is 0.644. The molecule has 2 rings (SSSR count). The van der Waals surface area contributed by atoms with E-state index in [0.717, 1.165) is 24.1 Å². The van der Waals surface area contributed by atoms with Crippen molar-refractivity contribution in [3.8, 4) is 0 Å². The maximum Gasteiger partial charge on any atom is 0.167 e. The fraction of sp³-hybridized carbons (Fsp3) is 0.400. The third-order valence-corrected chi connectivity index (χ3v) is 3.27. The van der Waals surface area contributed by atoms with Gasteiger partial charge in [-0.15, -0.1) is 4.91 Å². The van der Waals surface area contributed by atoms with Crippen LogP contribution >= 0.6 is 0 Å². The van der Waals surface area contributed by atoms with Crippen LogP contribution in [0.5, 0.6) is 0 Å². The zero-order chi connectivity index (χ0) is 11.5. The molecule has 0 radical (unpaired) electrons. The summed E-state index contributed by atoms with van der Waals surface area (Å²) in [4.78, 5) is 12.3. The average molecular weight is 240 g/mol. The molecule has 0 aromatic heterocycles. The van der Waals surface area contributed by atoms with E-state index < -0.39 is 11.1 Å². The fourth-order valence-corrected chi connectivity index (χ4v) is 2.45. The van der Waals surface area contributed by atoms with Gasteiger partial charge in [-0.3, -0.25) is 4.90 Å². The molecule has 0 saturated heterocycles. The van der Waals surface area contributed by atoms with Crippen molar-refractivity contribution in [1.82, 2.24) is 4.90 Å². The second kappa shape index (κ2) is 4.82. The lowest BCUT2D eigenvalue weighted by Gasteiger charge is -2.27. The van der Waals surface area contributed by atoms with E-state index in [4.69, 9.17) is 4.55 Å². The first-order valence-corrected chi connectivity index (χ1v) is 6.21. The third-order valence-electron chi connectivity index (χ3n) is 2.68. The van der Waals surface area contributed by atoms with Crippen molar-refractivity contribution in [3.63, 3.8) is 0 Å². The average Bonchev–Trinajstić information content (AvgIpc) is 2.27. The minimum atomic E-state index is -1.79. The van der Waals surface area contributed by atoms with Crippen molar-refractivity contribution >= 4 is 16.8 Å². The highest BCUT2D eigenvalue weighted by molar-refractivity contribution is 7.79. The van der Waals surface area contributed by atoms with Gasteiger partial charge in [0.25, 0.3) is 0 Å². The van der Waals surface area contributed by atoms with Crippen LogP contribution in [-0.4, -0.2) is 26.1 Å². The summed E-state index contributed by atoms with van der Waals surface area (Å²) in [5, 5.41) is 2.89. The predicted octanol–water partition coefficient (Wildman–Crippen LogP) is 1.62. The molecule has 16 heavy (non-hydrogen) atoms. The summed E-state index contributed by atoms with van der Waals surface area (Å²) in [5.74, 6) is 0.174. The summed E-state index contributed by atoms with van der Waals surface area (Å²) in [7, 11) is 0. The molecule has 1 unspecified atom stereocenters. The Labute approximate surface area is 95.7 Å². The number of fused-ring (bicyclic) bond motifs is 1. The van der Waals surface area contributed by atoms with Crippen LogP contribution in [0, 0.1) is 4.91 Å². The van der Waals surface area contributed by atoms with Crippen LogP contribution in [0.3, 0.4) is 0 Å². The van der Waals surface area contributed by atoms with Gasteiger partial charge in [-0.25, -0.2) is 4.21 Å². The molecule has 0 fully saturated rings. The molecule has 0 bridgehead atoms. The standard InChI is InChI=1S/C10H12N2O3S/c13-11-10-2-1-9-6-12(7-16(14)15)4-3-8(9)5-10/h1-2,5H,3-4,6-7H2,(H,14,15). The number of hydrogen-bond donors (Lipinski definition) is 1. The van der Waals surface area contributed by atoms with E-state index in [9.17, 15) is 9.12 Å². The van der Waals surface area contributed by atoms with E-state index in [1.54, 1.807) is 12.1 Å². The Kier molecular flexibility index (Phi) is 3.42. The zero-order valence-electron chi connectivity index (χ0n) is 8.63. The number of benzene rings is 1. The minimum absolute atomic E-state index is 0.174. The predicted molar refractivity (Wildman–Crippen MR) is 61.6 cm³/mol. The minimum Gasteiger partial charge on any atom is -0.305 e. The highest BCUT2D eigenvalue weighted by atomic mass is 32.2. The van der Waals surface area contributed by atoms with Crippen LogP contribution in [0.2, 0.25) is 0 Å². The lowest BCUT2D eigenvalue weighted by Crippen LogP contribution is -2.32. The smallest absolute Gasteiger partial charge is 0.167 e. The Hall–Kier alpha value is -1.11. The lowest BCUT2D eigenvalue weighted by atomic mass is 10.00. The molecule has 1 N–H and O–H groups in total. The molecule has 1 aliphatic heterocycles. The normalized spacial score (nSPS) is 17.8. The Morgan fingerprint density at radius 1 is 1.44 bits per heavy atom. The van der Waals surface area contributed by atoms with E-state index >= 15 is 0 Å². The largest absolute Gasteiger partial charge is 0.305 e. The van der Waals surface area contributed by atoms with Gasteiger partial charge in [-0.1, -0.05) is 6.07 Å². The number of hydrogen-bond acceptors (Lipinski definition) is 4. The fourth-order valence-electron chi connectivity index (χ4n) is 1.92. The third kappa shape index (κ3) is 2.52. The second-order valence-corrected chi connectivity index (χ2v) is 4.70. The molecule has 0 saturated carbocycles. The van der Waals surface area contributed by atoms with Crippen LogP contribution in [0.1, 0.15) is 11.1 Å². The molecular weight excluding hydrogens is 228 g/mol. The van der Waals surface area contributed by atoms with E-state index in [-0.39, 0.29) is 5.88 Å². The van der Waals surface area contributed by atoms with E-state index in [2.05, 4.69) is 5.18 Å². The van der Waals surface area contributed by atoms with E-state index in [1.165, 1.54) is 0 Å². The molecule has 0 aliphatic carbocycles. The first kappa shape index (κ1) is 11.4. The maximum absolute atomic E-state index is 10.7. The van der Waals surface area contributed by atoms with Crippen LogP contribution < -0.4 is 0 Å². The van der Waals surface area contributed by atoms with Gasteiger partial charge in [-0.05, 0) is 34.9 Å². The summed E-state index contributed by atoms with van der Waals surface area (Å²) in [5.41, 5.74) is 2.65. The van der Waals surface area contributed by atoms with Crippen molar-refractivity contribution in [3.05, 3.63) is 34.2 Å². The number of nitrogens with zero attached hydrogens (tertiary/aromatic N) is 2. The van der Waals surface area contributed by atoms with Gasteiger partial charge in [0, 0.05) is 13.1 Å². The molecule has 6 heteroatoms. The molecular formula is C10H12N2O3S. The SMILES string of the molecule is O=Nc1ccc2c(c1)CCN(CS(=O)O)C2. The second-order valence-electron chi connectivity index (χ2n) is 3.80. The van der Waals surface area contributed by atoms with Crippen LogP contribution in [0.25, 0.3) is 0 Å². The first-order valence-electron chi connectivity index (χ1n) is 4.94. The van der Waals surface area contributed by atoms with Gasteiger partial charge in [0.1, 0.15) is 11.6 Å².